The molecule has 1 aliphatic rings. The standard InChI is InChI=1S/C24H16ClNO5/c1-30-17-7-3-5-15(12-17)26-21(13-4-2-6-16(27)10-13)20-22(28)18-11-14(25)8-9-19(18)31-23(20)24(26)29/h2-12,21,27H,1H3. The van der Waals surface area contributed by atoms with Gasteiger partial charge in [0.1, 0.15) is 17.1 Å². The van der Waals surface area contributed by atoms with Crippen LogP contribution in [0.15, 0.2) is 75.9 Å². The molecule has 154 valence electrons. The van der Waals surface area contributed by atoms with Crippen LogP contribution in [0.25, 0.3) is 11.0 Å². The molecule has 5 rings (SSSR count). The topological polar surface area (TPSA) is 80.0 Å². The van der Waals surface area contributed by atoms with E-state index in [0.29, 0.717) is 22.0 Å². The Morgan fingerprint density at radius 2 is 1.84 bits per heavy atom. The van der Waals surface area contributed by atoms with Gasteiger partial charge in [-0.3, -0.25) is 14.5 Å². The van der Waals surface area contributed by atoms with Gasteiger partial charge >= 0.3 is 0 Å². The largest absolute Gasteiger partial charge is 0.508 e. The number of benzene rings is 3. The van der Waals surface area contributed by atoms with E-state index in [2.05, 4.69) is 0 Å². The van der Waals surface area contributed by atoms with Gasteiger partial charge in [0.2, 0.25) is 5.76 Å². The Labute approximate surface area is 181 Å². The zero-order valence-corrected chi connectivity index (χ0v) is 17.1. The van der Waals surface area contributed by atoms with Crippen molar-refractivity contribution < 1.29 is 19.1 Å². The van der Waals surface area contributed by atoms with E-state index < -0.39 is 11.9 Å². The maximum absolute atomic E-state index is 13.5. The SMILES string of the molecule is COc1cccc(N2C(=O)c3oc4ccc(Cl)cc4c(=O)c3C2c2cccc(O)c2)c1. The Bertz CT molecular complexity index is 1410. The number of halogens is 1. The monoisotopic (exact) mass is 433 g/mol. The molecule has 31 heavy (non-hydrogen) atoms. The van der Waals surface area contributed by atoms with E-state index in [-0.39, 0.29) is 33.5 Å². The lowest BCUT2D eigenvalue weighted by atomic mass is 9.98. The molecule has 1 amide bonds. The van der Waals surface area contributed by atoms with Crippen LogP contribution in [0.2, 0.25) is 5.02 Å². The summed E-state index contributed by atoms with van der Waals surface area (Å²) >= 11 is 6.10. The molecule has 1 atom stereocenters. The van der Waals surface area contributed by atoms with Gasteiger partial charge in [-0.1, -0.05) is 29.8 Å². The van der Waals surface area contributed by atoms with Crippen molar-refractivity contribution >= 4 is 34.2 Å². The number of methoxy groups -OCH3 is 1. The number of ether oxygens (including phenoxy) is 1. The van der Waals surface area contributed by atoms with Crippen molar-refractivity contribution in [3.63, 3.8) is 0 Å². The predicted molar refractivity (Wildman–Crippen MR) is 117 cm³/mol. The Morgan fingerprint density at radius 3 is 2.61 bits per heavy atom. The van der Waals surface area contributed by atoms with Gasteiger partial charge in [0.25, 0.3) is 5.91 Å². The average molecular weight is 434 g/mol. The summed E-state index contributed by atoms with van der Waals surface area (Å²) in [6.07, 6.45) is 0. The maximum atomic E-state index is 13.5. The quantitative estimate of drug-likeness (QED) is 0.496. The van der Waals surface area contributed by atoms with Crippen LogP contribution < -0.4 is 15.1 Å². The van der Waals surface area contributed by atoms with Gasteiger partial charge < -0.3 is 14.3 Å². The lowest BCUT2D eigenvalue weighted by Crippen LogP contribution is -2.29. The molecule has 0 saturated carbocycles. The Hall–Kier alpha value is -3.77. The fourth-order valence-corrected chi connectivity index (χ4v) is 4.15. The van der Waals surface area contributed by atoms with Crippen LogP contribution in [0.3, 0.4) is 0 Å². The van der Waals surface area contributed by atoms with Gasteiger partial charge in [-0.05, 0) is 48.0 Å². The van der Waals surface area contributed by atoms with Crippen molar-refractivity contribution in [2.75, 3.05) is 12.0 Å². The number of hydrogen-bond donors (Lipinski definition) is 1. The zero-order chi connectivity index (χ0) is 21.7. The van der Waals surface area contributed by atoms with E-state index in [0.717, 1.165) is 0 Å². The molecular formula is C24H16ClNO5. The van der Waals surface area contributed by atoms with E-state index in [9.17, 15) is 14.7 Å². The number of phenols is 1. The lowest BCUT2D eigenvalue weighted by molar-refractivity contribution is 0.0971. The molecule has 1 aromatic heterocycles. The van der Waals surface area contributed by atoms with Crippen molar-refractivity contribution in [3.8, 4) is 11.5 Å². The molecule has 0 radical (unpaired) electrons. The molecular weight excluding hydrogens is 418 g/mol. The Morgan fingerprint density at radius 1 is 1.03 bits per heavy atom. The van der Waals surface area contributed by atoms with Crippen molar-refractivity contribution in [2.24, 2.45) is 0 Å². The predicted octanol–water partition coefficient (Wildman–Crippen LogP) is 4.91. The van der Waals surface area contributed by atoms with Gasteiger partial charge in [0.15, 0.2) is 5.43 Å². The molecule has 6 nitrogen and oxygen atoms in total. The molecule has 0 aliphatic carbocycles. The number of anilines is 1. The highest BCUT2D eigenvalue weighted by atomic mass is 35.5. The summed E-state index contributed by atoms with van der Waals surface area (Å²) in [5, 5.41) is 10.7. The molecule has 3 aromatic carbocycles. The number of amides is 1. The second kappa shape index (κ2) is 7.18. The molecule has 2 heterocycles. The molecule has 1 N–H and O–H groups in total. The van der Waals surface area contributed by atoms with Crippen LogP contribution in [0.4, 0.5) is 5.69 Å². The van der Waals surface area contributed by atoms with Crippen LogP contribution in [-0.2, 0) is 0 Å². The van der Waals surface area contributed by atoms with Crippen molar-refractivity contribution in [1.82, 2.24) is 0 Å². The van der Waals surface area contributed by atoms with E-state index in [1.807, 2.05) is 0 Å². The summed E-state index contributed by atoms with van der Waals surface area (Å²) in [5.74, 6) is 0.103. The molecule has 0 bridgehead atoms. The molecule has 7 heteroatoms. The van der Waals surface area contributed by atoms with Crippen molar-refractivity contribution in [2.45, 2.75) is 6.04 Å². The number of nitrogens with zero attached hydrogens (tertiary/aromatic N) is 1. The van der Waals surface area contributed by atoms with Crippen LogP contribution >= 0.6 is 11.6 Å². The van der Waals surface area contributed by atoms with Crippen LogP contribution in [-0.4, -0.2) is 18.1 Å². The number of aromatic hydroxyl groups is 1. The highest BCUT2D eigenvalue weighted by molar-refractivity contribution is 6.31. The van der Waals surface area contributed by atoms with E-state index in [1.165, 1.54) is 30.2 Å². The van der Waals surface area contributed by atoms with Gasteiger partial charge in [-0.2, -0.15) is 0 Å². The number of phenolic OH excluding ortho intramolecular Hbond substituents is 1. The van der Waals surface area contributed by atoms with Crippen molar-refractivity contribution in [1.29, 1.82) is 0 Å². The fourth-order valence-electron chi connectivity index (χ4n) is 3.98. The lowest BCUT2D eigenvalue weighted by Gasteiger charge is -2.25. The maximum Gasteiger partial charge on any atom is 0.295 e. The summed E-state index contributed by atoms with van der Waals surface area (Å²) in [5.41, 5.74) is 1.25. The number of rotatable bonds is 3. The van der Waals surface area contributed by atoms with E-state index >= 15 is 0 Å². The number of hydrogen-bond acceptors (Lipinski definition) is 5. The third-order valence-corrected chi connectivity index (χ3v) is 5.58. The molecule has 0 spiro atoms. The fraction of sp³-hybridized carbons (Fsp3) is 0.0833. The van der Waals surface area contributed by atoms with Crippen LogP contribution in [0, 0.1) is 0 Å². The van der Waals surface area contributed by atoms with Gasteiger partial charge in [-0.15, -0.1) is 0 Å². The summed E-state index contributed by atoms with van der Waals surface area (Å²) in [7, 11) is 1.54. The van der Waals surface area contributed by atoms with Crippen LogP contribution in [0.1, 0.15) is 27.7 Å². The van der Waals surface area contributed by atoms with Gasteiger partial charge in [0.05, 0.1) is 24.1 Å². The minimum Gasteiger partial charge on any atom is -0.508 e. The first kappa shape index (κ1) is 19.2. The number of carbonyl (C=O) groups excluding carboxylic acids is 1. The average Bonchev–Trinajstić information content (AvgIpc) is 3.07. The molecule has 0 saturated heterocycles. The third kappa shape index (κ3) is 3.04. The molecule has 1 unspecified atom stereocenters. The summed E-state index contributed by atoms with van der Waals surface area (Å²) in [4.78, 5) is 28.5. The van der Waals surface area contributed by atoms with E-state index in [1.54, 1.807) is 48.5 Å². The van der Waals surface area contributed by atoms with Gasteiger partial charge in [0, 0.05) is 16.8 Å². The van der Waals surface area contributed by atoms with Crippen LogP contribution in [0.5, 0.6) is 11.5 Å². The second-order valence-corrected chi connectivity index (χ2v) is 7.63. The highest BCUT2D eigenvalue weighted by Crippen LogP contribution is 2.42. The normalized spacial score (nSPS) is 15.4. The van der Waals surface area contributed by atoms with E-state index in [4.69, 9.17) is 20.8 Å². The number of carbonyl (C=O) groups is 1. The smallest absolute Gasteiger partial charge is 0.295 e. The molecule has 0 fully saturated rings. The summed E-state index contributed by atoms with van der Waals surface area (Å²) in [6.45, 7) is 0. The first-order valence-corrected chi connectivity index (χ1v) is 9.88. The van der Waals surface area contributed by atoms with Crippen molar-refractivity contribution in [3.05, 3.63) is 98.9 Å². The first-order valence-electron chi connectivity index (χ1n) is 9.50. The Kier molecular flexibility index (Phi) is 4.45. The Balaban J connectivity index is 1.82. The summed E-state index contributed by atoms with van der Waals surface area (Å²) in [6, 6.07) is 17.4. The highest BCUT2D eigenvalue weighted by Gasteiger charge is 2.43. The minimum atomic E-state index is -0.790. The molecule has 1 aliphatic heterocycles. The summed E-state index contributed by atoms with van der Waals surface area (Å²) < 4.78 is 11.2. The second-order valence-electron chi connectivity index (χ2n) is 7.19. The number of fused-ring (bicyclic) bond motifs is 2. The minimum absolute atomic E-state index is 0.0252. The zero-order valence-electron chi connectivity index (χ0n) is 16.3. The first-order chi connectivity index (χ1) is 15.0. The third-order valence-electron chi connectivity index (χ3n) is 5.35. The van der Waals surface area contributed by atoms with Gasteiger partial charge in [-0.25, -0.2) is 0 Å². The molecule has 4 aromatic rings.